The lowest BCUT2D eigenvalue weighted by molar-refractivity contribution is -0.212. The molecule has 4 saturated carbocycles. The molecule has 0 heterocycles. The molecule has 4 rings (SSSR count). The lowest BCUT2D eigenvalue weighted by Crippen LogP contribution is -2.62. The van der Waals surface area contributed by atoms with Crippen LogP contribution in [-0.4, -0.2) is 72.7 Å². The van der Waals surface area contributed by atoms with Crippen molar-refractivity contribution in [2.24, 2.45) is 34.5 Å². The Balaban J connectivity index is 1.33. The molecule has 0 spiro atoms. The van der Waals surface area contributed by atoms with E-state index in [4.69, 9.17) is 4.84 Å². The van der Waals surface area contributed by atoms with E-state index in [9.17, 15) is 10.2 Å². The van der Waals surface area contributed by atoms with Crippen LogP contribution in [0.25, 0.3) is 0 Å². The smallest absolute Gasteiger partial charge is 0.0734 e. The van der Waals surface area contributed by atoms with Crippen LogP contribution < -0.4 is 0 Å². The molecule has 5 heteroatoms. The minimum Gasteiger partial charge on any atom is -0.393 e. The van der Waals surface area contributed by atoms with Gasteiger partial charge in [-0.1, -0.05) is 13.8 Å². The van der Waals surface area contributed by atoms with E-state index in [-0.39, 0.29) is 11.5 Å². The number of hydrogen-bond donors (Lipinski definition) is 2. The average molecular weight is 465 g/mol. The molecule has 0 aliphatic heterocycles. The summed E-state index contributed by atoms with van der Waals surface area (Å²) in [5.74, 6) is 2.32. The lowest BCUT2D eigenvalue weighted by atomic mass is 9.43. The molecule has 33 heavy (non-hydrogen) atoms. The summed E-state index contributed by atoms with van der Waals surface area (Å²) < 4.78 is 0. The fourth-order valence-electron chi connectivity index (χ4n) is 8.93. The Morgan fingerprint density at radius 3 is 2.42 bits per heavy atom. The molecule has 2 N–H and O–H groups in total. The normalized spacial score (nSPS) is 45.2. The average Bonchev–Trinajstić information content (AvgIpc) is 3.03. The third-order valence-electron chi connectivity index (χ3n) is 11.1. The van der Waals surface area contributed by atoms with Crippen LogP contribution in [0.5, 0.6) is 0 Å². The van der Waals surface area contributed by atoms with Crippen LogP contribution in [0.15, 0.2) is 0 Å². The van der Waals surface area contributed by atoms with E-state index in [2.05, 4.69) is 39.9 Å². The molecule has 0 bridgehead atoms. The summed E-state index contributed by atoms with van der Waals surface area (Å²) in [5.41, 5.74) is -0.147. The summed E-state index contributed by atoms with van der Waals surface area (Å²) in [6, 6.07) is 0. The first-order valence-electron chi connectivity index (χ1n) is 14.0. The van der Waals surface area contributed by atoms with Crippen molar-refractivity contribution in [2.75, 3.05) is 40.8 Å². The summed E-state index contributed by atoms with van der Waals surface area (Å²) in [7, 11) is 6.32. The molecular weight excluding hydrogens is 412 g/mol. The summed E-state index contributed by atoms with van der Waals surface area (Å²) in [4.78, 5) is 8.20. The van der Waals surface area contributed by atoms with Crippen LogP contribution in [0, 0.1) is 34.5 Å². The van der Waals surface area contributed by atoms with Gasteiger partial charge >= 0.3 is 0 Å². The molecule has 4 aliphatic carbocycles. The molecule has 8 atom stereocenters. The van der Waals surface area contributed by atoms with Gasteiger partial charge < -0.3 is 15.1 Å². The van der Waals surface area contributed by atoms with Gasteiger partial charge in [-0.2, -0.15) is 5.06 Å². The van der Waals surface area contributed by atoms with Gasteiger partial charge in [-0.05, 0) is 132 Å². The molecule has 5 nitrogen and oxygen atoms in total. The highest BCUT2D eigenvalue weighted by atomic mass is 16.7. The van der Waals surface area contributed by atoms with Gasteiger partial charge in [-0.3, -0.25) is 4.84 Å². The second kappa shape index (κ2) is 10.0. The first kappa shape index (κ1) is 25.9. The van der Waals surface area contributed by atoms with Crippen LogP contribution in [0.3, 0.4) is 0 Å². The third-order valence-corrected chi connectivity index (χ3v) is 11.1. The minimum absolute atomic E-state index is 0.0398. The van der Waals surface area contributed by atoms with Gasteiger partial charge in [0.1, 0.15) is 0 Å². The molecule has 0 aromatic carbocycles. The maximum Gasteiger partial charge on any atom is 0.0734 e. The number of rotatable bonds is 9. The molecule has 0 aromatic rings. The first-order chi connectivity index (χ1) is 15.6. The molecule has 0 aromatic heterocycles. The van der Waals surface area contributed by atoms with E-state index in [0.717, 1.165) is 77.5 Å². The second-order valence-corrected chi connectivity index (χ2v) is 13.0. The Morgan fingerprint density at radius 1 is 0.879 bits per heavy atom. The van der Waals surface area contributed by atoms with E-state index < -0.39 is 5.60 Å². The highest BCUT2D eigenvalue weighted by Gasteiger charge is 2.66. The van der Waals surface area contributed by atoms with Crippen LogP contribution >= 0.6 is 0 Å². The Kier molecular flexibility index (Phi) is 7.88. The van der Waals surface area contributed by atoms with E-state index in [0.29, 0.717) is 29.1 Å². The van der Waals surface area contributed by atoms with Crippen molar-refractivity contribution in [1.29, 1.82) is 0 Å². The largest absolute Gasteiger partial charge is 0.393 e. The van der Waals surface area contributed by atoms with Crippen molar-refractivity contribution < 1.29 is 15.1 Å². The Hall–Kier alpha value is -0.200. The van der Waals surface area contributed by atoms with Gasteiger partial charge in [0.25, 0.3) is 0 Å². The quantitative estimate of drug-likeness (QED) is 0.382. The number of aliphatic hydroxyl groups is 2. The Morgan fingerprint density at radius 2 is 1.67 bits per heavy atom. The van der Waals surface area contributed by atoms with Crippen molar-refractivity contribution in [3.05, 3.63) is 0 Å². The first-order valence-corrected chi connectivity index (χ1v) is 14.0. The van der Waals surface area contributed by atoms with Crippen LogP contribution in [0.1, 0.15) is 90.9 Å². The van der Waals surface area contributed by atoms with Crippen molar-refractivity contribution in [1.82, 2.24) is 9.96 Å². The zero-order chi connectivity index (χ0) is 23.9. The number of unbranched alkanes of at least 4 members (excludes halogenated alkanes) is 1. The fourth-order valence-corrected chi connectivity index (χ4v) is 8.93. The fraction of sp³-hybridized carbons (Fsp3) is 1.00. The van der Waals surface area contributed by atoms with Gasteiger partial charge in [0.2, 0.25) is 0 Å². The van der Waals surface area contributed by atoms with E-state index in [1.807, 2.05) is 5.06 Å². The van der Waals surface area contributed by atoms with E-state index in [1.165, 1.54) is 19.3 Å². The maximum atomic E-state index is 12.3. The third kappa shape index (κ3) is 4.79. The predicted octanol–water partition coefficient (Wildman–Crippen LogP) is 4.72. The molecule has 4 aliphatic rings. The number of hydrogen-bond acceptors (Lipinski definition) is 5. The number of aliphatic hydroxyl groups excluding tert-OH is 1. The van der Waals surface area contributed by atoms with Gasteiger partial charge in [0.05, 0.1) is 18.3 Å². The molecular formula is C28H52N2O3. The molecule has 0 amide bonds. The van der Waals surface area contributed by atoms with Crippen molar-refractivity contribution >= 4 is 0 Å². The Bertz CT molecular complexity index is 659. The number of nitrogens with zero attached hydrogens (tertiary/aromatic N) is 2. The molecule has 0 radical (unpaired) electrons. The molecule has 2 unspecified atom stereocenters. The highest BCUT2D eigenvalue weighted by Crippen LogP contribution is 2.69. The zero-order valence-corrected chi connectivity index (χ0v) is 22.2. The van der Waals surface area contributed by atoms with Gasteiger partial charge in [0, 0.05) is 13.6 Å². The van der Waals surface area contributed by atoms with Gasteiger partial charge in [-0.15, -0.1) is 0 Å². The van der Waals surface area contributed by atoms with Crippen LogP contribution in [0.2, 0.25) is 0 Å². The predicted molar refractivity (Wildman–Crippen MR) is 134 cm³/mol. The van der Waals surface area contributed by atoms with Crippen molar-refractivity contribution in [3.8, 4) is 0 Å². The maximum absolute atomic E-state index is 12.3. The second-order valence-electron chi connectivity index (χ2n) is 13.0. The molecule has 192 valence electrons. The van der Waals surface area contributed by atoms with E-state index >= 15 is 0 Å². The van der Waals surface area contributed by atoms with Crippen molar-refractivity contribution in [3.63, 3.8) is 0 Å². The van der Waals surface area contributed by atoms with Crippen molar-refractivity contribution in [2.45, 2.75) is 103 Å². The van der Waals surface area contributed by atoms with E-state index in [1.54, 1.807) is 0 Å². The lowest BCUT2D eigenvalue weighted by Gasteiger charge is -2.63. The van der Waals surface area contributed by atoms with Crippen LogP contribution in [0.4, 0.5) is 0 Å². The summed E-state index contributed by atoms with van der Waals surface area (Å²) in [6.45, 7) is 7.80. The van der Waals surface area contributed by atoms with Gasteiger partial charge in [0.15, 0.2) is 0 Å². The number of hydroxylamine groups is 2. The molecule has 0 saturated heterocycles. The SMILES string of the molecule is CN(C)CCCCON(C)CC[C@H]1CC[C@@]2(O)[C@@H]3CCC4CC(O)CC[C@]4(C)[C@H]3CC[C@]12C. The van der Waals surface area contributed by atoms with Gasteiger partial charge in [-0.25, -0.2) is 0 Å². The molecule has 4 fully saturated rings. The standard InChI is InChI=1S/C28H52N2O3/c1-26-14-11-23(31)20-22(26)8-9-25-24(26)12-15-27(2)21(10-16-28(25,27)32)13-18-30(5)33-19-7-6-17-29(3)4/h21-25,31-32H,6-20H2,1-5H3/t21-,22?,23?,24+,25-,26+,27-,28-/m1/s1. The minimum atomic E-state index is -0.504. The monoisotopic (exact) mass is 464 g/mol. The Labute approximate surface area is 203 Å². The highest BCUT2D eigenvalue weighted by molar-refractivity contribution is 5.16. The zero-order valence-electron chi connectivity index (χ0n) is 22.2. The van der Waals surface area contributed by atoms with Crippen LogP contribution in [-0.2, 0) is 4.84 Å². The topological polar surface area (TPSA) is 56.2 Å². The summed E-state index contributed by atoms with van der Waals surface area (Å²) in [6.07, 6.45) is 13.3. The summed E-state index contributed by atoms with van der Waals surface area (Å²) in [5, 5.41) is 24.6. The summed E-state index contributed by atoms with van der Waals surface area (Å²) >= 11 is 0. The number of fused-ring (bicyclic) bond motifs is 5.